The van der Waals surface area contributed by atoms with Crippen molar-refractivity contribution in [3.63, 3.8) is 0 Å². The zero-order chi connectivity index (χ0) is 10.4. The van der Waals surface area contributed by atoms with Crippen molar-refractivity contribution >= 4 is 16.9 Å². The van der Waals surface area contributed by atoms with Crippen molar-refractivity contribution < 1.29 is 17.9 Å². The fourth-order valence-corrected chi connectivity index (χ4v) is 1.41. The Morgan fingerprint density at radius 1 is 1.46 bits per heavy atom. The molecule has 1 N–H and O–H groups in total. The van der Waals surface area contributed by atoms with E-state index in [0.29, 0.717) is 6.42 Å². The van der Waals surface area contributed by atoms with E-state index >= 15 is 0 Å². The van der Waals surface area contributed by atoms with Crippen molar-refractivity contribution in [2.45, 2.75) is 26.3 Å². The van der Waals surface area contributed by atoms with Gasteiger partial charge in [-0.15, -0.1) is 0 Å². The summed E-state index contributed by atoms with van der Waals surface area (Å²) in [5.74, 6) is -0.320. The van der Waals surface area contributed by atoms with Crippen LogP contribution in [0.25, 0.3) is 0 Å². The van der Waals surface area contributed by atoms with Crippen LogP contribution in [-0.2, 0) is 20.4 Å². The number of rotatable bonds is 5. The first-order chi connectivity index (χ1) is 5.97. The SMILES string of the molecule is COC(=O)[C@H](CC(C)C)N[SH](=O)=O. The molecule has 6 heteroatoms. The van der Waals surface area contributed by atoms with Gasteiger partial charge in [-0.2, -0.15) is 0 Å². The number of carbonyl (C=O) groups is 1. The van der Waals surface area contributed by atoms with Crippen molar-refractivity contribution in [2.75, 3.05) is 7.11 Å². The summed E-state index contributed by atoms with van der Waals surface area (Å²) in [6, 6.07) is -0.758. The molecule has 5 nitrogen and oxygen atoms in total. The Hall–Kier alpha value is -0.620. The quantitative estimate of drug-likeness (QED) is 0.481. The second-order valence-electron chi connectivity index (χ2n) is 3.09. The maximum atomic E-state index is 11.0. The van der Waals surface area contributed by atoms with Crippen molar-refractivity contribution in [3.05, 3.63) is 0 Å². The van der Waals surface area contributed by atoms with E-state index in [2.05, 4.69) is 9.46 Å². The highest BCUT2D eigenvalue weighted by Crippen LogP contribution is 2.05. The van der Waals surface area contributed by atoms with Gasteiger partial charge in [0.15, 0.2) is 0 Å². The highest BCUT2D eigenvalue weighted by Gasteiger charge is 2.20. The van der Waals surface area contributed by atoms with Crippen LogP contribution in [0.4, 0.5) is 0 Å². The summed E-state index contributed by atoms with van der Waals surface area (Å²) in [5.41, 5.74) is 0. The van der Waals surface area contributed by atoms with Crippen LogP contribution in [0.3, 0.4) is 0 Å². The van der Waals surface area contributed by atoms with Crippen molar-refractivity contribution in [1.29, 1.82) is 0 Å². The lowest BCUT2D eigenvalue weighted by molar-refractivity contribution is -0.143. The number of nitrogens with one attached hydrogen (secondary N) is 1. The van der Waals surface area contributed by atoms with Gasteiger partial charge in [-0.05, 0) is 12.3 Å². The largest absolute Gasteiger partial charge is 0.468 e. The average Bonchev–Trinajstić information content (AvgIpc) is 2.00. The molecule has 0 spiro atoms. The number of methoxy groups -OCH3 is 1. The Kier molecular flexibility index (Phi) is 5.65. The first-order valence-electron chi connectivity index (χ1n) is 3.95. The lowest BCUT2D eigenvalue weighted by Crippen LogP contribution is -2.37. The van der Waals surface area contributed by atoms with Crippen molar-refractivity contribution in [1.82, 2.24) is 4.72 Å². The van der Waals surface area contributed by atoms with Crippen LogP contribution in [0.15, 0.2) is 0 Å². The number of hydrogen-bond acceptors (Lipinski definition) is 4. The number of thiol groups is 1. The third-order valence-corrected chi connectivity index (χ3v) is 1.98. The van der Waals surface area contributed by atoms with Gasteiger partial charge in [0, 0.05) is 0 Å². The number of carbonyl (C=O) groups excluding carboxylic acids is 1. The monoisotopic (exact) mass is 209 g/mol. The zero-order valence-electron chi connectivity index (χ0n) is 7.94. The van der Waals surface area contributed by atoms with Gasteiger partial charge < -0.3 is 4.74 Å². The normalized spacial score (nSPS) is 13.3. The molecule has 0 aromatic carbocycles. The van der Waals surface area contributed by atoms with E-state index in [0.717, 1.165) is 0 Å². The van der Waals surface area contributed by atoms with Crippen molar-refractivity contribution in [3.8, 4) is 0 Å². The van der Waals surface area contributed by atoms with Crippen LogP contribution in [0.5, 0.6) is 0 Å². The molecule has 0 aliphatic rings. The lowest BCUT2D eigenvalue weighted by Gasteiger charge is -2.14. The number of hydrogen-bond donors (Lipinski definition) is 2. The standard InChI is InChI=1S/C7H15NO4S/c1-5(2)4-6(7(9)12-3)8-13(10)11/h5-6,13H,4H2,1-3H3,(H,8,10,11)/t6-/m0/s1. The van der Waals surface area contributed by atoms with Crippen LogP contribution >= 0.6 is 0 Å². The molecule has 0 heterocycles. The number of esters is 1. The molecule has 0 aromatic heterocycles. The van der Waals surface area contributed by atoms with Crippen LogP contribution in [0.1, 0.15) is 20.3 Å². The molecule has 78 valence electrons. The van der Waals surface area contributed by atoms with Gasteiger partial charge in [0.2, 0.25) is 10.9 Å². The fraction of sp³-hybridized carbons (Fsp3) is 0.857. The molecule has 0 fully saturated rings. The van der Waals surface area contributed by atoms with Gasteiger partial charge in [-0.1, -0.05) is 13.8 Å². The first kappa shape index (κ1) is 12.4. The average molecular weight is 209 g/mol. The Morgan fingerprint density at radius 2 is 2.00 bits per heavy atom. The molecule has 0 aliphatic carbocycles. The molecule has 0 aliphatic heterocycles. The van der Waals surface area contributed by atoms with Crippen LogP contribution in [0.2, 0.25) is 0 Å². The minimum atomic E-state index is -2.76. The molecule has 0 unspecified atom stereocenters. The van der Waals surface area contributed by atoms with Gasteiger partial charge >= 0.3 is 5.97 Å². The van der Waals surface area contributed by atoms with Gasteiger partial charge in [-0.25, -0.2) is 13.1 Å². The highest BCUT2D eigenvalue weighted by molar-refractivity contribution is 7.70. The topological polar surface area (TPSA) is 72.5 Å². The summed E-state index contributed by atoms with van der Waals surface area (Å²) in [5, 5.41) is 0. The smallest absolute Gasteiger partial charge is 0.323 e. The summed E-state index contributed by atoms with van der Waals surface area (Å²) in [4.78, 5) is 11.0. The van der Waals surface area contributed by atoms with Gasteiger partial charge in [-0.3, -0.25) is 4.79 Å². The first-order valence-corrected chi connectivity index (χ1v) is 5.13. The molecule has 0 rings (SSSR count). The lowest BCUT2D eigenvalue weighted by atomic mass is 10.1. The fourth-order valence-electron chi connectivity index (χ4n) is 0.943. The third-order valence-electron chi connectivity index (χ3n) is 1.45. The van der Waals surface area contributed by atoms with E-state index in [1.54, 1.807) is 0 Å². The minimum Gasteiger partial charge on any atom is -0.468 e. The second-order valence-corrected chi connectivity index (χ2v) is 3.86. The summed E-state index contributed by atoms with van der Waals surface area (Å²) < 4.78 is 27.2. The summed E-state index contributed by atoms with van der Waals surface area (Å²) >= 11 is 0. The van der Waals surface area contributed by atoms with E-state index in [1.807, 2.05) is 13.8 Å². The second kappa shape index (κ2) is 5.93. The number of ether oxygens (including phenoxy) is 1. The Labute approximate surface area is 79.5 Å². The molecule has 1 atom stereocenters. The maximum Gasteiger partial charge on any atom is 0.323 e. The van der Waals surface area contributed by atoms with E-state index in [9.17, 15) is 13.2 Å². The molecule has 0 saturated carbocycles. The van der Waals surface area contributed by atoms with Gasteiger partial charge in [0.05, 0.1) is 7.11 Å². The van der Waals surface area contributed by atoms with E-state index < -0.39 is 22.9 Å². The molecular formula is C7H15NO4S. The zero-order valence-corrected chi connectivity index (χ0v) is 8.84. The minimum absolute atomic E-state index is 0.228. The molecular weight excluding hydrogens is 194 g/mol. The Bertz CT molecular complexity index is 229. The van der Waals surface area contributed by atoms with Gasteiger partial charge in [0.1, 0.15) is 6.04 Å². The van der Waals surface area contributed by atoms with Crippen LogP contribution in [-0.4, -0.2) is 27.5 Å². The predicted octanol–water partition coefficient (Wildman–Crippen LogP) is -0.310. The molecule has 0 aromatic rings. The van der Waals surface area contributed by atoms with Crippen molar-refractivity contribution in [2.24, 2.45) is 5.92 Å². The van der Waals surface area contributed by atoms with Gasteiger partial charge in [0.25, 0.3) is 0 Å². The summed E-state index contributed by atoms with van der Waals surface area (Å²) in [6.45, 7) is 3.80. The maximum absolute atomic E-state index is 11.0. The molecule has 0 bridgehead atoms. The third kappa shape index (κ3) is 5.59. The summed E-state index contributed by atoms with van der Waals surface area (Å²) in [7, 11) is -1.53. The van der Waals surface area contributed by atoms with Crippen LogP contribution in [0, 0.1) is 5.92 Å². The molecule has 0 radical (unpaired) electrons. The predicted molar refractivity (Wildman–Crippen MR) is 48.7 cm³/mol. The Balaban J connectivity index is 4.26. The Morgan fingerprint density at radius 3 is 2.31 bits per heavy atom. The van der Waals surface area contributed by atoms with E-state index in [-0.39, 0.29) is 5.92 Å². The highest BCUT2D eigenvalue weighted by atomic mass is 32.2. The molecule has 0 amide bonds. The summed E-state index contributed by atoms with van der Waals surface area (Å²) in [6.07, 6.45) is 0.440. The van der Waals surface area contributed by atoms with Crippen LogP contribution < -0.4 is 4.72 Å². The van der Waals surface area contributed by atoms with E-state index in [4.69, 9.17) is 0 Å². The molecule has 13 heavy (non-hydrogen) atoms. The van der Waals surface area contributed by atoms with E-state index in [1.165, 1.54) is 7.11 Å². The molecule has 0 saturated heterocycles.